The fourth-order valence-corrected chi connectivity index (χ4v) is 1.86. The molecule has 0 aromatic heterocycles. The van der Waals surface area contributed by atoms with Crippen molar-refractivity contribution >= 4 is 15.9 Å². The molecule has 1 aromatic rings. The monoisotopic (exact) mass is 259 g/mol. The van der Waals surface area contributed by atoms with Crippen LogP contribution >= 0.6 is 15.9 Å². The Labute approximate surface area is 92.6 Å². The van der Waals surface area contributed by atoms with Gasteiger partial charge >= 0.3 is 0 Å². The molecule has 1 unspecified atom stereocenters. The van der Waals surface area contributed by atoms with Crippen LogP contribution in [-0.4, -0.2) is 6.04 Å². The molecule has 0 fully saturated rings. The first-order valence-corrected chi connectivity index (χ1v) is 5.62. The lowest BCUT2D eigenvalue weighted by molar-refractivity contribution is 0.561. The second-order valence-corrected chi connectivity index (χ2v) is 4.40. The van der Waals surface area contributed by atoms with Crippen molar-refractivity contribution in [2.24, 2.45) is 5.73 Å². The fourth-order valence-electron chi connectivity index (χ4n) is 1.46. The van der Waals surface area contributed by atoms with Gasteiger partial charge in [-0.2, -0.15) is 0 Å². The lowest BCUT2D eigenvalue weighted by Gasteiger charge is -2.11. The molecule has 0 amide bonds. The predicted molar refractivity (Wildman–Crippen MR) is 60.7 cm³/mol. The third-order valence-corrected chi connectivity index (χ3v) is 2.64. The third kappa shape index (κ3) is 3.39. The van der Waals surface area contributed by atoms with Crippen LogP contribution in [0.1, 0.15) is 25.3 Å². The van der Waals surface area contributed by atoms with Crippen LogP contribution in [0.5, 0.6) is 0 Å². The molecule has 0 saturated carbocycles. The van der Waals surface area contributed by atoms with Gasteiger partial charge in [-0.3, -0.25) is 0 Å². The Balaban J connectivity index is 2.70. The molecule has 0 bridgehead atoms. The SMILES string of the molecule is CCCC(N)Cc1cc(Br)ccc1F. The molecule has 0 heterocycles. The fraction of sp³-hybridized carbons (Fsp3) is 0.455. The van der Waals surface area contributed by atoms with E-state index in [-0.39, 0.29) is 11.9 Å². The van der Waals surface area contributed by atoms with Gasteiger partial charge in [-0.25, -0.2) is 4.39 Å². The largest absolute Gasteiger partial charge is 0.327 e. The summed E-state index contributed by atoms with van der Waals surface area (Å²) in [5.74, 6) is -0.167. The van der Waals surface area contributed by atoms with Crippen molar-refractivity contribution in [2.45, 2.75) is 32.2 Å². The van der Waals surface area contributed by atoms with E-state index >= 15 is 0 Å². The smallest absolute Gasteiger partial charge is 0.126 e. The molecule has 0 radical (unpaired) electrons. The number of hydrogen-bond donors (Lipinski definition) is 1. The highest BCUT2D eigenvalue weighted by Crippen LogP contribution is 2.17. The molecular weight excluding hydrogens is 245 g/mol. The van der Waals surface area contributed by atoms with E-state index in [4.69, 9.17) is 5.73 Å². The lowest BCUT2D eigenvalue weighted by atomic mass is 10.0. The average molecular weight is 260 g/mol. The first kappa shape index (κ1) is 11.7. The zero-order chi connectivity index (χ0) is 10.6. The normalized spacial score (nSPS) is 12.9. The van der Waals surface area contributed by atoms with Gasteiger partial charge in [-0.15, -0.1) is 0 Å². The van der Waals surface area contributed by atoms with E-state index in [1.165, 1.54) is 6.07 Å². The standard InChI is InChI=1S/C11H15BrFN/c1-2-3-10(14)7-8-6-9(12)4-5-11(8)13/h4-6,10H,2-3,7,14H2,1H3. The number of nitrogens with two attached hydrogens (primary N) is 1. The van der Waals surface area contributed by atoms with Crippen molar-refractivity contribution < 1.29 is 4.39 Å². The summed E-state index contributed by atoms with van der Waals surface area (Å²) in [6, 6.07) is 5.02. The third-order valence-electron chi connectivity index (χ3n) is 2.15. The number of halogens is 2. The number of hydrogen-bond acceptors (Lipinski definition) is 1. The van der Waals surface area contributed by atoms with E-state index in [1.54, 1.807) is 12.1 Å². The number of benzene rings is 1. The molecule has 14 heavy (non-hydrogen) atoms. The molecule has 0 spiro atoms. The van der Waals surface area contributed by atoms with Crippen molar-refractivity contribution in [1.29, 1.82) is 0 Å². The van der Waals surface area contributed by atoms with Gasteiger partial charge in [0, 0.05) is 10.5 Å². The van der Waals surface area contributed by atoms with Gasteiger partial charge in [0.1, 0.15) is 5.82 Å². The average Bonchev–Trinajstić information content (AvgIpc) is 2.12. The molecule has 1 rings (SSSR count). The molecule has 0 aliphatic carbocycles. The first-order valence-electron chi connectivity index (χ1n) is 4.83. The van der Waals surface area contributed by atoms with Gasteiger partial charge in [-0.05, 0) is 36.6 Å². The van der Waals surface area contributed by atoms with Gasteiger partial charge in [0.05, 0.1) is 0 Å². The summed E-state index contributed by atoms with van der Waals surface area (Å²) in [5, 5.41) is 0. The van der Waals surface area contributed by atoms with Crippen LogP contribution in [0.15, 0.2) is 22.7 Å². The Morgan fingerprint density at radius 3 is 2.86 bits per heavy atom. The zero-order valence-electron chi connectivity index (χ0n) is 8.26. The number of rotatable bonds is 4. The minimum absolute atomic E-state index is 0.0591. The van der Waals surface area contributed by atoms with Gasteiger partial charge in [0.15, 0.2) is 0 Å². The molecule has 2 N–H and O–H groups in total. The summed E-state index contributed by atoms with van der Waals surface area (Å²) < 4.78 is 14.2. The summed E-state index contributed by atoms with van der Waals surface area (Å²) in [4.78, 5) is 0. The molecule has 0 aliphatic rings. The van der Waals surface area contributed by atoms with Gasteiger partial charge < -0.3 is 5.73 Å². The molecule has 0 aliphatic heterocycles. The van der Waals surface area contributed by atoms with Crippen LogP contribution in [0, 0.1) is 5.82 Å². The lowest BCUT2D eigenvalue weighted by Crippen LogP contribution is -2.22. The molecule has 1 aromatic carbocycles. The second kappa shape index (κ2) is 5.47. The van der Waals surface area contributed by atoms with E-state index in [9.17, 15) is 4.39 Å². The summed E-state index contributed by atoms with van der Waals surface area (Å²) in [6.45, 7) is 2.08. The summed E-state index contributed by atoms with van der Waals surface area (Å²) in [5.41, 5.74) is 6.55. The highest BCUT2D eigenvalue weighted by molar-refractivity contribution is 9.10. The van der Waals surface area contributed by atoms with Crippen molar-refractivity contribution in [1.82, 2.24) is 0 Å². The summed E-state index contributed by atoms with van der Waals surface area (Å²) in [6.07, 6.45) is 2.59. The topological polar surface area (TPSA) is 26.0 Å². The van der Waals surface area contributed by atoms with Crippen LogP contribution in [-0.2, 0) is 6.42 Å². The maximum Gasteiger partial charge on any atom is 0.126 e. The van der Waals surface area contributed by atoms with Gasteiger partial charge in [-0.1, -0.05) is 29.3 Å². The van der Waals surface area contributed by atoms with Gasteiger partial charge in [0.25, 0.3) is 0 Å². The summed E-state index contributed by atoms with van der Waals surface area (Å²) >= 11 is 3.32. The minimum Gasteiger partial charge on any atom is -0.327 e. The Kier molecular flexibility index (Phi) is 4.55. The maximum atomic E-state index is 13.3. The zero-order valence-corrected chi connectivity index (χ0v) is 9.85. The van der Waals surface area contributed by atoms with Gasteiger partial charge in [0.2, 0.25) is 0 Å². The Bertz CT molecular complexity index is 301. The highest BCUT2D eigenvalue weighted by Gasteiger charge is 2.07. The van der Waals surface area contributed by atoms with Crippen LogP contribution in [0.4, 0.5) is 4.39 Å². The first-order chi connectivity index (χ1) is 6.63. The minimum atomic E-state index is -0.167. The molecule has 3 heteroatoms. The maximum absolute atomic E-state index is 13.3. The van der Waals surface area contributed by atoms with E-state index in [2.05, 4.69) is 22.9 Å². The van der Waals surface area contributed by atoms with E-state index in [0.717, 1.165) is 17.3 Å². The Hall–Kier alpha value is -0.410. The molecule has 1 atom stereocenters. The van der Waals surface area contributed by atoms with E-state index in [0.29, 0.717) is 12.0 Å². The van der Waals surface area contributed by atoms with Crippen molar-refractivity contribution in [3.63, 3.8) is 0 Å². The quantitative estimate of drug-likeness (QED) is 0.883. The van der Waals surface area contributed by atoms with Crippen LogP contribution in [0.25, 0.3) is 0 Å². The molecule has 78 valence electrons. The van der Waals surface area contributed by atoms with E-state index in [1.807, 2.05) is 0 Å². The Morgan fingerprint density at radius 1 is 1.50 bits per heavy atom. The second-order valence-electron chi connectivity index (χ2n) is 3.49. The molecular formula is C11H15BrFN. The van der Waals surface area contributed by atoms with Crippen LogP contribution in [0.2, 0.25) is 0 Å². The van der Waals surface area contributed by atoms with Crippen LogP contribution in [0.3, 0.4) is 0 Å². The predicted octanol–water partition coefficient (Wildman–Crippen LogP) is 3.26. The Morgan fingerprint density at radius 2 is 2.21 bits per heavy atom. The highest BCUT2D eigenvalue weighted by atomic mass is 79.9. The van der Waals surface area contributed by atoms with Crippen LogP contribution < -0.4 is 5.73 Å². The van der Waals surface area contributed by atoms with E-state index < -0.39 is 0 Å². The van der Waals surface area contributed by atoms with Crippen molar-refractivity contribution in [2.75, 3.05) is 0 Å². The van der Waals surface area contributed by atoms with Crippen molar-refractivity contribution in [3.05, 3.63) is 34.1 Å². The summed E-state index contributed by atoms with van der Waals surface area (Å²) in [7, 11) is 0. The van der Waals surface area contributed by atoms with Crippen molar-refractivity contribution in [3.8, 4) is 0 Å². The molecule has 1 nitrogen and oxygen atoms in total. The molecule has 0 saturated heterocycles.